The number of halogens is 1. The standard InChI is InChI=1S/C11H15ClN2O2S/c1-8(2)14-17(12,16)11-6-4-5-10(7-11)13-9(3)15/h4-8H,1-3H3,(H,13,15). The van der Waals surface area contributed by atoms with Gasteiger partial charge in [-0.3, -0.25) is 4.79 Å². The number of nitrogens with one attached hydrogen (secondary N) is 1. The highest BCUT2D eigenvalue weighted by Crippen LogP contribution is 2.22. The van der Waals surface area contributed by atoms with E-state index in [1.54, 1.807) is 38.1 Å². The number of nitrogens with zero attached hydrogens (tertiary/aromatic N) is 1. The quantitative estimate of drug-likeness (QED) is 0.861. The summed E-state index contributed by atoms with van der Waals surface area (Å²) in [7, 11) is 2.99. The maximum Gasteiger partial charge on any atom is 0.221 e. The van der Waals surface area contributed by atoms with Crippen LogP contribution in [-0.4, -0.2) is 16.2 Å². The molecule has 0 fully saturated rings. The van der Waals surface area contributed by atoms with E-state index in [0.29, 0.717) is 10.6 Å². The molecule has 94 valence electrons. The van der Waals surface area contributed by atoms with Crippen molar-refractivity contribution >= 4 is 31.2 Å². The van der Waals surface area contributed by atoms with Crippen molar-refractivity contribution in [2.24, 2.45) is 4.36 Å². The van der Waals surface area contributed by atoms with Gasteiger partial charge in [0.15, 0.2) is 8.94 Å². The Morgan fingerprint density at radius 2 is 2.12 bits per heavy atom. The molecule has 0 aliphatic carbocycles. The van der Waals surface area contributed by atoms with Crippen LogP contribution < -0.4 is 5.32 Å². The molecule has 1 N–H and O–H groups in total. The lowest BCUT2D eigenvalue weighted by atomic mass is 10.3. The summed E-state index contributed by atoms with van der Waals surface area (Å²) in [5.74, 6) is -0.191. The second-order valence-electron chi connectivity index (χ2n) is 3.87. The van der Waals surface area contributed by atoms with Gasteiger partial charge in [-0.05, 0) is 32.0 Å². The Labute approximate surface area is 106 Å². The molecular weight excluding hydrogens is 260 g/mol. The molecule has 0 aliphatic rings. The van der Waals surface area contributed by atoms with E-state index >= 15 is 0 Å². The molecule has 0 aromatic heterocycles. The lowest BCUT2D eigenvalue weighted by Crippen LogP contribution is -2.06. The molecule has 1 unspecified atom stereocenters. The van der Waals surface area contributed by atoms with Crippen LogP contribution in [0.1, 0.15) is 20.8 Å². The molecule has 6 heteroatoms. The summed E-state index contributed by atoms with van der Waals surface area (Å²) in [4.78, 5) is 11.3. The fraction of sp³-hybridized carbons (Fsp3) is 0.364. The van der Waals surface area contributed by atoms with E-state index in [4.69, 9.17) is 10.7 Å². The molecule has 17 heavy (non-hydrogen) atoms. The van der Waals surface area contributed by atoms with Crippen LogP contribution in [-0.2, 0) is 13.7 Å². The third kappa shape index (κ3) is 4.36. The number of carbonyl (C=O) groups is 1. The maximum absolute atomic E-state index is 12.1. The minimum absolute atomic E-state index is 0.121. The number of hydrogen-bond donors (Lipinski definition) is 1. The number of amides is 1. The van der Waals surface area contributed by atoms with E-state index in [0.717, 1.165) is 0 Å². The van der Waals surface area contributed by atoms with Gasteiger partial charge in [-0.25, -0.2) is 8.57 Å². The Balaban J connectivity index is 3.16. The van der Waals surface area contributed by atoms with E-state index in [2.05, 4.69) is 9.68 Å². The van der Waals surface area contributed by atoms with Gasteiger partial charge in [0, 0.05) is 23.3 Å². The van der Waals surface area contributed by atoms with Crippen molar-refractivity contribution in [3.8, 4) is 0 Å². The highest BCUT2D eigenvalue weighted by atomic mass is 35.7. The average molecular weight is 275 g/mol. The van der Waals surface area contributed by atoms with Crippen LogP contribution in [0.2, 0.25) is 0 Å². The first-order chi connectivity index (χ1) is 7.81. The summed E-state index contributed by atoms with van der Waals surface area (Å²) in [5, 5.41) is 2.61. The molecule has 1 amide bonds. The van der Waals surface area contributed by atoms with Gasteiger partial charge in [0.1, 0.15) is 0 Å². The van der Waals surface area contributed by atoms with Crippen LogP contribution in [0.4, 0.5) is 5.69 Å². The second kappa shape index (κ2) is 5.51. The molecule has 0 aliphatic heterocycles. The molecule has 1 rings (SSSR count). The summed E-state index contributed by atoms with van der Waals surface area (Å²) >= 11 is 0. The van der Waals surface area contributed by atoms with Crippen LogP contribution in [0.3, 0.4) is 0 Å². The number of rotatable bonds is 3. The van der Waals surface area contributed by atoms with E-state index in [1.807, 2.05) is 0 Å². The maximum atomic E-state index is 12.1. The zero-order valence-corrected chi connectivity index (χ0v) is 11.5. The minimum atomic E-state index is -2.92. The number of carbonyl (C=O) groups excluding carboxylic acids is 1. The smallest absolute Gasteiger partial charge is 0.221 e. The molecule has 0 radical (unpaired) electrons. The van der Waals surface area contributed by atoms with Crippen LogP contribution in [0.25, 0.3) is 0 Å². The van der Waals surface area contributed by atoms with Crippen molar-refractivity contribution in [2.75, 3.05) is 5.32 Å². The van der Waals surface area contributed by atoms with Gasteiger partial charge in [0.2, 0.25) is 5.91 Å². The van der Waals surface area contributed by atoms with Crippen LogP contribution in [0, 0.1) is 0 Å². The van der Waals surface area contributed by atoms with E-state index in [1.165, 1.54) is 6.92 Å². The monoisotopic (exact) mass is 274 g/mol. The third-order valence-corrected chi connectivity index (χ3v) is 4.09. The summed E-state index contributed by atoms with van der Waals surface area (Å²) < 4.78 is 16.1. The average Bonchev–Trinajstić information content (AvgIpc) is 2.15. The van der Waals surface area contributed by atoms with E-state index < -0.39 is 8.94 Å². The molecule has 0 heterocycles. The Morgan fingerprint density at radius 1 is 1.47 bits per heavy atom. The van der Waals surface area contributed by atoms with Crippen molar-refractivity contribution in [3.05, 3.63) is 24.3 Å². The molecule has 0 saturated heterocycles. The molecule has 4 nitrogen and oxygen atoms in total. The molecular formula is C11H15ClN2O2S. The van der Waals surface area contributed by atoms with Gasteiger partial charge < -0.3 is 5.32 Å². The number of hydrogen-bond acceptors (Lipinski definition) is 3. The molecule has 0 bridgehead atoms. The van der Waals surface area contributed by atoms with Crippen molar-refractivity contribution in [3.63, 3.8) is 0 Å². The largest absolute Gasteiger partial charge is 0.326 e. The minimum Gasteiger partial charge on any atom is -0.326 e. The van der Waals surface area contributed by atoms with Crippen molar-refractivity contribution in [2.45, 2.75) is 31.7 Å². The molecule has 0 spiro atoms. The zero-order valence-electron chi connectivity index (χ0n) is 9.94. The summed E-state index contributed by atoms with van der Waals surface area (Å²) in [5.41, 5.74) is 0.558. The third-order valence-electron chi connectivity index (χ3n) is 1.79. The number of anilines is 1. The highest BCUT2D eigenvalue weighted by Gasteiger charge is 2.10. The van der Waals surface area contributed by atoms with Gasteiger partial charge in [-0.2, -0.15) is 0 Å². The van der Waals surface area contributed by atoms with Gasteiger partial charge >= 0.3 is 0 Å². The summed E-state index contributed by atoms with van der Waals surface area (Å²) in [6.45, 7) is 5.02. The van der Waals surface area contributed by atoms with Crippen LogP contribution in [0.15, 0.2) is 33.5 Å². The first-order valence-corrected chi connectivity index (χ1v) is 7.49. The van der Waals surface area contributed by atoms with Crippen LogP contribution >= 0.6 is 10.7 Å². The summed E-state index contributed by atoms with van der Waals surface area (Å²) in [6, 6.07) is 6.46. The van der Waals surface area contributed by atoms with Crippen LogP contribution in [0.5, 0.6) is 0 Å². The van der Waals surface area contributed by atoms with Gasteiger partial charge in [0.25, 0.3) is 0 Å². The molecule has 1 aromatic rings. The Kier molecular flexibility index (Phi) is 4.54. The normalized spacial score (nSPS) is 14.2. The second-order valence-corrected chi connectivity index (χ2v) is 6.72. The molecule has 1 aromatic carbocycles. The van der Waals surface area contributed by atoms with Gasteiger partial charge in [-0.1, -0.05) is 6.07 Å². The lowest BCUT2D eigenvalue weighted by molar-refractivity contribution is -0.114. The fourth-order valence-electron chi connectivity index (χ4n) is 1.27. The fourth-order valence-corrected chi connectivity index (χ4v) is 3.21. The molecule has 0 saturated carbocycles. The van der Waals surface area contributed by atoms with Crippen molar-refractivity contribution in [1.82, 2.24) is 0 Å². The van der Waals surface area contributed by atoms with E-state index in [-0.39, 0.29) is 11.9 Å². The Hall–Kier alpha value is -1.07. The first-order valence-electron chi connectivity index (χ1n) is 5.15. The predicted octanol–water partition coefficient (Wildman–Crippen LogP) is 3.03. The highest BCUT2D eigenvalue weighted by molar-refractivity contribution is 8.15. The van der Waals surface area contributed by atoms with Crippen molar-refractivity contribution in [1.29, 1.82) is 0 Å². The lowest BCUT2D eigenvalue weighted by Gasteiger charge is -2.07. The predicted molar refractivity (Wildman–Crippen MR) is 70.6 cm³/mol. The van der Waals surface area contributed by atoms with Gasteiger partial charge in [-0.15, -0.1) is 0 Å². The van der Waals surface area contributed by atoms with Crippen molar-refractivity contribution < 1.29 is 9.00 Å². The molecule has 1 atom stereocenters. The topological polar surface area (TPSA) is 58.5 Å². The SMILES string of the molecule is CC(=O)Nc1cccc(S(=O)(Cl)=NC(C)C)c1. The zero-order chi connectivity index (χ0) is 13.1. The summed E-state index contributed by atoms with van der Waals surface area (Å²) in [6.07, 6.45) is 0. The Bertz CT molecular complexity index is 534. The number of benzene rings is 1. The Morgan fingerprint density at radius 3 is 2.65 bits per heavy atom. The van der Waals surface area contributed by atoms with Gasteiger partial charge in [0.05, 0.1) is 10.9 Å². The van der Waals surface area contributed by atoms with E-state index in [9.17, 15) is 9.00 Å². The first kappa shape index (κ1) is 14.0.